The first-order chi connectivity index (χ1) is 11.3. The van der Waals surface area contributed by atoms with E-state index in [1.807, 2.05) is 0 Å². The lowest BCUT2D eigenvalue weighted by Crippen LogP contribution is -2.56. The Morgan fingerprint density at radius 3 is 0.958 bits per heavy atom. The van der Waals surface area contributed by atoms with E-state index in [0.29, 0.717) is 38.5 Å². The normalized spacial score (nSPS) is 33.8. The molecule has 0 amide bonds. The second-order valence-corrected chi connectivity index (χ2v) is 8.57. The molecule has 0 atom stereocenters. The van der Waals surface area contributed by atoms with Gasteiger partial charge in [-0.1, -0.05) is 78.6 Å². The quantitative estimate of drug-likeness (QED) is 0.432. The predicted octanol–water partition coefficient (Wildman–Crippen LogP) is 5.10. The van der Waals surface area contributed by atoms with Gasteiger partial charge in [0.2, 0.25) is 0 Å². The maximum atomic E-state index is 11.2. The molecule has 0 aromatic carbocycles. The molecule has 1 saturated carbocycles. The highest BCUT2D eigenvalue weighted by atomic mass is 16.3. The Labute approximate surface area is 149 Å². The molecule has 0 aromatic rings. The summed E-state index contributed by atoms with van der Waals surface area (Å²) in [7, 11) is 0. The van der Waals surface area contributed by atoms with Crippen LogP contribution >= 0.6 is 0 Å². The maximum absolute atomic E-state index is 11.2. The molecule has 24 heavy (non-hydrogen) atoms. The third-order valence-electron chi connectivity index (χ3n) is 5.71. The van der Waals surface area contributed by atoms with Gasteiger partial charge in [0.05, 0.1) is 16.8 Å². The molecule has 0 bridgehead atoms. The van der Waals surface area contributed by atoms with Gasteiger partial charge in [-0.3, -0.25) is 0 Å². The van der Waals surface area contributed by atoms with Gasteiger partial charge >= 0.3 is 0 Å². The third-order valence-corrected chi connectivity index (χ3v) is 5.71. The van der Waals surface area contributed by atoms with Gasteiger partial charge in [-0.05, 0) is 19.3 Å². The van der Waals surface area contributed by atoms with Crippen LogP contribution < -0.4 is 0 Å². The zero-order chi connectivity index (χ0) is 18.1. The van der Waals surface area contributed by atoms with Gasteiger partial charge in [0.1, 0.15) is 0 Å². The fourth-order valence-electron chi connectivity index (χ4n) is 4.67. The summed E-state index contributed by atoms with van der Waals surface area (Å²) in [6.07, 6.45) is 13.0. The molecule has 0 radical (unpaired) electrons. The van der Waals surface area contributed by atoms with E-state index >= 15 is 0 Å². The van der Waals surface area contributed by atoms with Crippen LogP contribution in [0.15, 0.2) is 0 Å². The van der Waals surface area contributed by atoms with Crippen molar-refractivity contribution in [2.75, 3.05) is 0 Å². The molecular weight excluding hydrogens is 300 g/mol. The van der Waals surface area contributed by atoms with E-state index in [4.69, 9.17) is 0 Å². The Balaban J connectivity index is 2.80. The molecule has 0 spiro atoms. The van der Waals surface area contributed by atoms with Crippen molar-refractivity contribution < 1.29 is 15.3 Å². The first-order valence-corrected chi connectivity index (χ1v) is 10.5. The van der Waals surface area contributed by atoms with E-state index in [1.165, 1.54) is 0 Å². The maximum Gasteiger partial charge on any atom is 0.0702 e. The highest BCUT2D eigenvalue weighted by Crippen LogP contribution is 2.47. The summed E-state index contributed by atoms with van der Waals surface area (Å²) in [6, 6.07) is 0. The van der Waals surface area contributed by atoms with Gasteiger partial charge in [0.15, 0.2) is 0 Å². The van der Waals surface area contributed by atoms with Crippen molar-refractivity contribution in [3.63, 3.8) is 0 Å². The van der Waals surface area contributed by atoms with Crippen molar-refractivity contribution >= 4 is 0 Å². The second kappa shape index (κ2) is 10.1. The van der Waals surface area contributed by atoms with Crippen molar-refractivity contribution in [3.05, 3.63) is 0 Å². The van der Waals surface area contributed by atoms with Crippen LogP contribution in [0.2, 0.25) is 0 Å². The van der Waals surface area contributed by atoms with E-state index in [9.17, 15) is 15.3 Å². The number of unbranched alkanes of at least 4 members (excludes halogenated alkanes) is 6. The van der Waals surface area contributed by atoms with Crippen molar-refractivity contribution in [1.82, 2.24) is 0 Å². The van der Waals surface area contributed by atoms with Crippen LogP contribution in [-0.4, -0.2) is 32.1 Å². The van der Waals surface area contributed by atoms with Crippen molar-refractivity contribution in [1.29, 1.82) is 0 Å². The molecule has 0 aromatic heterocycles. The molecule has 3 heteroatoms. The number of aliphatic hydroxyl groups is 3. The lowest BCUT2D eigenvalue weighted by atomic mass is 9.63. The lowest BCUT2D eigenvalue weighted by molar-refractivity contribution is -0.186. The van der Waals surface area contributed by atoms with E-state index in [0.717, 1.165) is 57.8 Å². The monoisotopic (exact) mass is 342 g/mol. The highest BCUT2D eigenvalue weighted by molar-refractivity contribution is 5.05. The topological polar surface area (TPSA) is 60.7 Å². The number of rotatable bonds is 12. The smallest absolute Gasteiger partial charge is 0.0702 e. The van der Waals surface area contributed by atoms with E-state index in [-0.39, 0.29) is 0 Å². The fourth-order valence-corrected chi connectivity index (χ4v) is 4.67. The summed E-state index contributed by atoms with van der Waals surface area (Å²) in [6.45, 7) is 6.48. The lowest BCUT2D eigenvalue weighted by Gasteiger charge is -2.50. The third kappa shape index (κ3) is 7.41. The Bertz CT molecular complexity index is 282. The Morgan fingerprint density at radius 2 is 0.750 bits per heavy atom. The summed E-state index contributed by atoms with van der Waals surface area (Å²) < 4.78 is 0. The molecule has 1 aliphatic carbocycles. The molecule has 0 unspecified atom stereocenters. The van der Waals surface area contributed by atoms with Gasteiger partial charge < -0.3 is 15.3 Å². The first-order valence-electron chi connectivity index (χ1n) is 10.5. The van der Waals surface area contributed by atoms with Crippen LogP contribution in [0.4, 0.5) is 0 Å². The number of hydrogen-bond acceptors (Lipinski definition) is 3. The molecule has 1 fully saturated rings. The second-order valence-electron chi connectivity index (χ2n) is 8.57. The van der Waals surface area contributed by atoms with Crippen molar-refractivity contribution in [3.8, 4) is 0 Å². The van der Waals surface area contributed by atoms with Crippen LogP contribution in [0, 0.1) is 0 Å². The van der Waals surface area contributed by atoms with Crippen LogP contribution in [0.25, 0.3) is 0 Å². The summed E-state index contributed by atoms with van der Waals surface area (Å²) in [5.41, 5.74) is -2.72. The van der Waals surface area contributed by atoms with Crippen LogP contribution in [0.1, 0.15) is 117 Å². The average Bonchev–Trinajstić information content (AvgIpc) is 2.46. The van der Waals surface area contributed by atoms with Gasteiger partial charge in [-0.15, -0.1) is 0 Å². The van der Waals surface area contributed by atoms with Crippen LogP contribution in [-0.2, 0) is 0 Å². The van der Waals surface area contributed by atoms with E-state index in [2.05, 4.69) is 20.8 Å². The minimum absolute atomic E-state index is 0.434. The van der Waals surface area contributed by atoms with Gasteiger partial charge in [-0.25, -0.2) is 0 Å². The van der Waals surface area contributed by atoms with E-state index in [1.54, 1.807) is 0 Å². The van der Waals surface area contributed by atoms with Gasteiger partial charge in [0, 0.05) is 19.3 Å². The SMILES string of the molecule is CCCCCC1(O)CC(O)(CCCCC)CC(O)(CCCCC)C1. The minimum atomic E-state index is -0.907. The van der Waals surface area contributed by atoms with Gasteiger partial charge in [-0.2, -0.15) is 0 Å². The fraction of sp³-hybridized carbons (Fsp3) is 1.00. The highest BCUT2D eigenvalue weighted by Gasteiger charge is 2.51. The zero-order valence-electron chi connectivity index (χ0n) is 16.4. The number of hydrogen-bond donors (Lipinski definition) is 3. The molecule has 3 nitrogen and oxygen atoms in total. The van der Waals surface area contributed by atoms with Gasteiger partial charge in [0.25, 0.3) is 0 Å². The molecule has 144 valence electrons. The minimum Gasteiger partial charge on any atom is -0.390 e. The Kier molecular flexibility index (Phi) is 9.25. The van der Waals surface area contributed by atoms with E-state index < -0.39 is 16.8 Å². The zero-order valence-corrected chi connectivity index (χ0v) is 16.4. The summed E-state index contributed by atoms with van der Waals surface area (Å²) in [5, 5.41) is 33.5. The predicted molar refractivity (Wildman–Crippen MR) is 101 cm³/mol. The standard InChI is InChI=1S/C21H42O3/c1-4-7-10-13-19(22)16-20(23,14-11-8-5-2)18-21(24,17-19)15-12-9-6-3/h22-24H,4-18H2,1-3H3. The summed E-state index contributed by atoms with van der Waals surface area (Å²) >= 11 is 0. The Hall–Kier alpha value is -0.120. The summed E-state index contributed by atoms with van der Waals surface area (Å²) in [5.74, 6) is 0. The molecule has 0 aliphatic heterocycles. The Morgan fingerprint density at radius 1 is 0.500 bits per heavy atom. The van der Waals surface area contributed by atoms with Crippen LogP contribution in [0.3, 0.4) is 0 Å². The molecule has 1 rings (SSSR count). The average molecular weight is 343 g/mol. The van der Waals surface area contributed by atoms with Crippen LogP contribution in [0.5, 0.6) is 0 Å². The van der Waals surface area contributed by atoms with Crippen molar-refractivity contribution in [2.24, 2.45) is 0 Å². The summed E-state index contributed by atoms with van der Waals surface area (Å²) in [4.78, 5) is 0. The molecular formula is C21H42O3. The molecule has 0 saturated heterocycles. The first kappa shape index (κ1) is 21.9. The molecule has 0 heterocycles. The molecule has 3 N–H and O–H groups in total. The molecule has 1 aliphatic rings. The van der Waals surface area contributed by atoms with Crippen molar-refractivity contribution in [2.45, 2.75) is 134 Å². The largest absolute Gasteiger partial charge is 0.390 e.